The van der Waals surface area contributed by atoms with Gasteiger partial charge >= 0.3 is 0 Å². The third-order valence-corrected chi connectivity index (χ3v) is 3.07. The molecule has 1 aromatic rings. The SMILES string of the molecule is C=C(N)N=C/C(OCc1ncccc1OC)=C(\C)NCCCC. The van der Waals surface area contributed by atoms with E-state index in [2.05, 4.69) is 28.8 Å². The zero-order chi connectivity index (χ0) is 17.1. The number of nitrogens with zero attached hydrogens (tertiary/aromatic N) is 2. The molecule has 0 amide bonds. The average molecular weight is 318 g/mol. The predicted molar refractivity (Wildman–Crippen MR) is 93.0 cm³/mol. The Balaban J connectivity index is 2.83. The quantitative estimate of drug-likeness (QED) is 0.394. The van der Waals surface area contributed by atoms with Crippen LogP contribution in [0.1, 0.15) is 32.4 Å². The number of unbranched alkanes of at least 4 members (excludes halogenated alkanes) is 1. The molecule has 23 heavy (non-hydrogen) atoms. The van der Waals surface area contributed by atoms with E-state index in [1.807, 2.05) is 19.1 Å². The van der Waals surface area contributed by atoms with Crippen LogP contribution >= 0.6 is 0 Å². The lowest BCUT2D eigenvalue weighted by molar-refractivity contribution is 0.206. The standard InChI is InChI=1S/C17H26N4O2/c1-5-6-9-19-13(2)17(11-21-14(3)18)23-12-15-16(22-4)8-7-10-20-15/h7-8,10-11,19H,3,5-6,9,12,18H2,1-2,4H3/b17-13-,21-11?. The van der Waals surface area contributed by atoms with Crippen molar-refractivity contribution < 1.29 is 9.47 Å². The van der Waals surface area contributed by atoms with E-state index in [1.165, 1.54) is 0 Å². The van der Waals surface area contributed by atoms with Crippen LogP contribution < -0.4 is 15.8 Å². The van der Waals surface area contributed by atoms with Gasteiger partial charge in [-0.3, -0.25) is 4.98 Å². The molecular formula is C17H26N4O2. The largest absolute Gasteiger partial charge is 0.495 e. The van der Waals surface area contributed by atoms with Crippen LogP contribution in [0, 0.1) is 0 Å². The highest BCUT2D eigenvalue weighted by molar-refractivity contribution is 5.77. The molecule has 0 fully saturated rings. The summed E-state index contributed by atoms with van der Waals surface area (Å²) in [6.07, 6.45) is 5.47. The predicted octanol–water partition coefficient (Wildman–Crippen LogP) is 2.73. The third kappa shape index (κ3) is 6.86. The van der Waals surface area contributed by atoms with E-state index in [4.69, 9.17) is 15.2 Å². The molecule has 0 aliphatic rings. The number of hydrogen-bond acceptors (Lipinski definition) is 6. The van der Waals surface area contributed by atoms with E-state index < -0.39 is 0 Å². The molecule has 0 saturated heterocycles. The first-order valence-corrected chi connectivity index (χ1v) is 7.62. The third-order valence-electron chi connectivity index (χ3n) is 3.07. The van der Waals surface area contributed by atoms with Crippen LogP contribution in [0.25, 0.3) is 0 Å². The number of hydrogen-bond donors (Lipinski definition) is 2. The van der Waals surface area contributed by atoms with Crippen LogP contribution in [-0.4, -0.2) is 24.9 Å². The van der Waals surface area contributed by atoms with E-state index in [0.29, 0.717) is 17.2 Å². The van der Waals surface area contributed by atoms with Crippen LogP contribution in [0.5, 0.6) is 5.75 Å². The lowest BCUT2D eigenvalue weighted by Gasteiger charge is -2.13. The van der Waals surface area contributed by atoms with Crippen LogP contribution in [0.15, 0.2) is 47.2 Å². The summed E-state index contributed by atoms with van der Waals surface area (Å²) in [5.41, 5.74) is 7.10. The number of allylic oxidation sites excluding steroid dienone is 2. The van der Waals surface area contributed by atoms with Gasteiger partial charge in [-0.2, -0.15) is 0 Å². The molecule has 0 atom stereocenters. The maximum absolute atomic E-state index is 5.84. The molecule has 0 spiro atoms. The van der Waals surface area contributed by atoms with Gasteiger partial charge in [0.05, 0.1) is 19.0 Å². The molecule has 0 aliphatic heterocycles. The van der Waals surface area contributed by atoms with E-state index in [0.717, 1.165) is 25.1 Å². The highest BCUT2D eigenvalue weighted by atomic mass is 16.5. The Morgan fingerprint density at radius 1 is 1.52 bits per heavy atom. The molecule has 1 rings (SSSR count). The van der Waals surface area contributed by atoms with Gasteiger partial charge in [-0.25, -0.2) is 4.99 Å². The first kappa shape index (κ1) is 18.5. The maximum Gasteiger partial charge on any atom is 0.156 e. The molecular weight excluding hydrogens is 292 g/mol. The van der Waals surface area contributed by atoms with Crippen molar-refractivity contribution in [3.8, 4) is 5.75 Å². The Morgan fingerprint density at radius 3 is 2.96 bits per heavy atom. The van der Waals surface area contributed by atoms with Crippen molar-refractivity contribution in [3.05, 3.63) is 47.9 Å². The first-order valence-electron chi connectivity index (χ1n) is 7.62. The van der Waals surface area contributed by atoms with Crippen molar-refractivity contribution in [2.45, 2.75) is 33.3 Å². The van der Waals surface area contributed by atoms with Crippen molar-refractivity contribution in [2.75, 3.05) is 13.7 Å². The molecule has 6 heteroatoms. The summed E-state index contributed by atoms with van der Waals surface area (Å²) in [7, 11) is 1.61. The fourth-order valence-electron chi connectivity index (χ4n) is 1.79. The Labute approximate surface area is 138 Å². The fourth-order valence-corrected chi connectivity index (χ4v) is 1.79. The van der Waals surface area contributed by atoms with Crippen LogP contribution in [0.3, 0.4) is 0 Å². The smallest absolute Gasteiger partial charge is 0.156 e. The molecule has 126 valence electrons. The Hall–Kier alpha value is -2.50. The summed E-state index contributed by atoms with van der Waals surface area (Å²) < 4.78 is 11.1. The zero-order valence-corrected chi connectivity index (χ0v) is 14.1. The van der Waals surface area contributed by atoms with Gasteiger partial charge < -0.3 is 20.5 Å². The summed E-state index contributed by atoms with van der Waals surface area (Å²) in [5.74, 6) is 1.51. The minimum atomic E-state index is 0.225. The maximum atomic E-state index is 5.84. The van der Waals surface area contributed by atoms with Gasteiger partial charge in [-0.15, -0.1) is 0 Å². The number of rotatable bonds is 10. The van der Waals surface area contributed by atoms with Gasteiger partial charge in [0.2, 0.25) is 0 Å². The van der Waals surface area contributed by atoms with Gasteiger partial charge in [0, 0.05) is 12.7 Å². The Morgan fingerprint density at radius 2 is 2.30 bits per heavy atom. The number of nitrogens with two attached hydrogens (primary N) is 1. The molecule has 0 aromatic carbocycles. The van der Waals surface area contributed by atoms with Gasteiger partial charge in [0.25, 0.3) is 0 Å². The van der Waals surface area contributed by atoms with Crippen molar-refractivity contribution in [1.29, 1.82) is 0 Å². The molecule has 0 radical (unpaired) electrons. The van der Waals surface area contributed by atoms with E-state index in [-0.39, 0.29) is 12.4 Å². The van der Waals surface area contributed by atoms with Gasteiger partial charge in [-0.05, 0) is 25.5 Å². The summed E-state index contributed by atoms with van der Waals surface area (Å²) in [6, 6.07) is 3.66. The lowest BCUT2D eigenvalue weighted by Crippen LogP contribution is -2.16. The van der Waals surface area contributed by atoms with Crippen molar-refractivity contribution >= 4 is 6.21 Å². The molecule has 0 saturated carbocycles. The Kier molecular flexibility index (Phi) is 8.28. The van der Waals surface area contributed by atoms with E-state index >= 15 is 0 Å². The zero-order valence-electron chi connectivity index (χ0n) is 14.1. The van der Waals surface area contributed by atoms with Crippen molar-refractivity contribution in [1.82, 2.24) is 10.3 Å². The minimum Gasteiger partial charge on any atom is -0.495 e. The topological polar surface area (TPSA) is 81.8 Å². The summed E-state index contributed by atoms with van der Waals surface area (Å²) in [6.45, 7) is 8.78. The van der Waals surface area contributed by atoms with Crippen molar-refractivity contribution in [2.24, 2.45) is 10.7 Å². The number of ether oxygens (including phenoxy) is 2. The normalized spacial score (nSPS) is 12.0. The number of aromatic nitrogens is 1. The molecule has 0 bridgehead atoms. The monoisotopic (exact) mass is 318 g/mol. The highest BCUT2D eigenvalue weighted by Gasteiger charge is 2.07. The molecule has 1 aromatic heterocycles. The van der Waals surface area contributed by atoms with Gasteiger partial charge in [0.1, 0.15) is 23.9 Å². The van der Waals surface area contributed by atoms with Crippen molar-refractivity contribution in [3.63, 3.8) is 0 Å². The average Bonchev–Trinajstić information content (AvgIpc) is 2.55. The molecule has 6 nitrogen and oxygen atoms in total. The fraction of sp³-hybridized carbons (Fsp3) is 0.412. The van der Waals surface area contributed by atoms with Gasteiger partial charge in [0.15, 0.2) is 5.76 Å². The number of pyridine rings is 1. The van der Waals surface area contributed by atoms with Crippen LogP contribution in [-0.2, 0) is 11.3 Å². The summed E-state index contributed by atoms with van der Waals surface area (Å²) in [5, 5.41) is 3.31. The van der Waals surface area contributed by atoms with E-state index in [9.17, 15) is 0 Å². The molecule has 0 unspecified atom stereocenters. The summed E-state index contributed by atoms with van der Waals surface area (Å²) in [4.78, 5) is 8.28. The number of methoxy groups -OCH3 is 1. The van der Waals surface area contributed by atoms with Gasteiger partial charge in [-0.1, -0.05) is 19.9 Å². The minimum absolute atomic E-state index is 0.225. The first-order chi connectivity index (χ1) is 11.1. The van der Waals surface area contributed by atoms with Crippen LogP contribution in [0.2, 0.25) is 0 Å². The number of nitrogens with one attached hydrogen (secondary N) is 1. The molecule has 3 N–H and O–H groups in total. The second-order valence-electron chi connectivity index (χ2n) is 4.96. The Bertz CT molecular complexity index is 567. The van der Waals surface area contributed by atoms with E-state index in [1.54, 1.807) is 19.5 Å². The summed E-state index contributed by atoms with van der Waals surface area (Å²) >= 11 is 0. The molecule has 1 heterocycles. The lowest BCUT2D eigenvalue weighted by atomic mass is 10.3. The highest BCUT2D eigenvalue weighted by Crippen LogP contribution is 2.17. The second kappa shape index (κ2) is 10.3. The molecule has 0 aliphatic carbocycles. The van der Waals surface area contributed by atoms with Crippen LogP contribution in [0.4, 0.5) is 0 Å². The number of aliphatic imine (C=N–C) groups is 1. The second-order valence-corrected chi connectivity index (χ2v) is 4.96.